The SMILES string of the molecule is Cc1cc(N2CCN(C(=O)c3cc(-c4ccccc4)nc4c3cnn4C(C)C)CC2)nc(C(C)C)n1. The van der Waals surface area contributed by atoms with E-state index in [-0.39, 0.29) is 17.9 Å². The van der Waals surface area contributed by atoms with E-state index in [0.717, 1.165) is 52.7 Å². The summed E-state index contributed by atoms with van der Waals surface area (Å²) in [7, 11) is 0. The van der Waals surface area contributed by atoms with Gasteiger partial charge in [-0.15, -0.1) is 0 Å². The Balaban J connectivity index is 1.44. The van der Waals surface area contributed by atoms with Gasteiger partial charge in [0, 0.05) is 55.5 Å². The number of fused-ring (bicyclic) bond motifs is 1. The highest BCUT2D eigenvalue weighted by atomic mass is 16.2. The molecule has 0 radical (unpaired) electrons. The first-order valence-electron chi connectivity index (χ1n) is 12.7. The van der Waals surface area contributed by atoms with Crippen molar-refractivity contribution < 1.29 is 4.79 Å². The predicted octanol–water partition coefficient (Wildman–Crippen LogP) is 4.86. The Morgan fingerprint density at radius 2 is 1.64 bits per heavy atom. The molecule has 36 heavy (non-hydrogen) atoms. The van der Waals surface area contributed by atoms with Crippen molar-refractivity contribution >= 4 is 22.8 Å². The van der Waals surface area contributed by atoms with Crippen LogP contribution in [0, 0.1) is 6.92 Å². The van der Waals surface area contributed by atoms with Crippen molar-refractivity contribution in [2.75, 3.05) is 31.1 Å². The number of carbonyl (C=O) groups is 1. The third kappa shape index (κ3) is 4.55. The lowest BCUT2D eigenvalue weighted by atomic mass is 10.1. The number of nitrogens with zero attached hydrogens (tertiary/aromatic N) is 7. The number of hydrogen-bond acceptors (Lipinski definition) is 6. The maximum Gasteiger partial charge on any atom is 0.254 e. The summed E-state index contributed by atoms with van der Waals surface area (Å²) in [4.78, 5) is 32.3. The lowest BCUT2D eigenvalue weighted by Gasteiger charge is -2.35. The van der Waals surface area contributed by atoms with Crippen molar-refractivity contribution in [3.63, 3.8) is 0 Å². The average molecular weight is 484 g/mol. The van der Waals surface area contributed by atoms with E-state index in [1.807, 2.05) is 59.0 Å². The van der Waals surface area contributed by atoms with E-state index >= 15 is 0 Å². The number of aromatic nitrogens is 5. The van der Waals surface area contributed by atoms with Crippen LogP contribution in [0.25, 0.3) is 22.3 Å². The average Bonchev–Trinajstić information content (AvgIpc) is 3.32. The van der Waals surface area contributed by atoms with Crippen LogP contribution in [-0.2, 0) is 0 Å². The van der Waals surface area contributed by atoms with Crippen molar-refractivity contribution in [3.8, 4) is 11.3 Å². The number of rotatable bonds is 5. The molecule has 4 aromatic rings. The molecule has 1 aliphatic heterocycles. The summed E-state index contributed by atoms with van der Waals surface area (Å²) >= 11 is 0. The van der Waals surface area contributed by atoms with Crippen LogP contribution in [0.3, 0.4) is 0 Å². The Morgan fingerprint density at radius 1 is 0.917 bits per heavy atom. The number of piperazine rings is 1. The zero-order valence-electron chi connectivity index (χ0n) is 21.6. The second-order valence-corrected chi connectivity index (χ2v) is 10.0. The largest absolute Gasteiger partial charge is 0.353 e. The second kappa shape index (κ2) is 9.68. The van der Waals surface area contributed by atoms with Crippen LogP contribution in [0.15, 0.2) is 48.7 Å². The number of carbonyl (C=O) groups excluding carboxylic acids is 1. The minimum Gasteiger partial charge on any atom is -0.353 e. The van der Waals surface area contributed by atoms with E-state index < -0.39 is 0 Å². The van der Waals surface area contributed by atoms with Gasteiger partial charge in [0.15, 0.2) is 5.65 Å². The molecule has 5 rings (SSSR count). The monoisotopic (exact) mass is 483 g/mol. The fourth-order valence-corrected chi connectivity index (χ4v) is 4.63. The van der Waals surface area contributed by atoms with Crippen molar-refractivity contribution in [1.29, 1.82) is 0 Å². The predicted molar refractivity (Wildman–Crippen MR) is 142 cm³/mol. The summed E-state index contributed by atoms with van der Waals surface area (Å²) < 4.78 is 1.89. The van der Waals surface area contributed by atoms with Gasteiger partial charge in [-0.3, -0.25) is 4.79 Å². The molecule has 0 saturated carbocycles. The topological polar surface area (TPSA) is 80.0 Å². The molecule has 0 aliphatic carbocycles. The number of anilines is 1. The third-order valence-corrected chi connectivity index (χ3v) is 6.62. The van der Waals surface area contributed by atoms with Gasteiger partial charge in [0.2, 0.25) is 0 Å². The van der Waals surface area contributed by atoms with Crippen LogP contribution in [0.4, 0.5) is 5.82 Å². The molecule has 8 heteroatoms. The van der Waals surface area contributed by atoms with Gasteiger partial charge in [0.05, 0.1) is 22.8 Å². The Labute approximate surface area is 212 Å². The molecular formula is C28H33N7O. The van der Waals surface area contributed by atoms with Gasteiger partial charge >= 0.3 is 0 Å². The highest BCUT2D eigenvalue weighted by molar-refractivity contribution is 6.06. The van der Waals surface area contributed by atoms with E-state index in [4.69, 9.17) is 9.97 Å². The van der Waals surface area contributed by atoms with Crippen molar-refractivity contribution in [3.05, 3.63) is 65.7 Å². The van der Waals surface area contributed by atoms with E-state index in [0.29, 0.717) is 18.7 Å². The van der Waals surface area contributed by atoms with Crippen LogP contribution < -0.4 is 4.90 Å². The van der Waals surface area contributed by atoms with Gasteiger partial charge in [-0.1, -0.05) is 44.2 Å². The minimum absolute atomic E-state index is 0.0178. The number of amides is 1. The molecule has 0 spiro atoms. The zero-order valence-corrected chi connectivity index (χ0v) is 21.6. The molecule has 1 fully saturated rings. The number of hydrogen-bond donors (Lipinski definition) is 0. The summed E-state index contributed by atoms with van der Waals surface area (Å²) in [6, 6.07) is 14.1. The quantitative estimate of drug-likeness (QED) is 0.403. The molecule has 0 bridgehead atoms. The first-order valence-corrected chi connectivity index (χ1v) is 12.7. The highest BCUT2D eigenvalue weighted by Gasteiger charge is 2.27. The van der Waals surface area contributed by atoms with Gasteiger partial charge in [-0.05, 0) is 26.8 Å². The third-order valence-electron chi connectivity index (χ3n) is 6.62. The van der Waals surface area contributed by atoms with Gasteiger partial charge in [0.25, 0.3) is 5.91 Å². The maximum absolute atomic E-state index is 13.8. The number of aryl methyl sites for hydroxylation is 1. The Bertz CT molecular complexity index is 1390. The lowest BCUT2D eigenvalue weighted by molar-refractivity contribution is 0.0748. The molecule has 1 saturated heterocycles. The molecule has 1 aliphatic rings. The normalized spacial score (nSPS) is 14.3. The van der Waals surface area contributed by atoms with Crippen molar-refractivity contribution in [2.45, 2.75) is 46.6 Å². The molecule has 0 unspecified atom stereocenters. The standard InChI is InChI=1S/C28H33N7O/c1-18(2)26-30-20(5)15-25(32-26)33-11-13-34(14-12-33)28(36)22-16-24(21-9-7-6-8-10-21)31-27-23(22)17-29-35(27)19(3)4/h6-10,15-19H,11-14H2,1-5H3. The molecule has 4 heterocycles. The van der Waals surface area contributed by atoms with Gasteiger partial charge in [0.1, 0.15) is 11.6 Å². The molecule has 8 nitrogen and oxygen atoms in total. The molecule has 0 atom stereocenters. The molecular weight excluding hydrogens is 450 g/mol. The van der Waals surface area contributed by atoms with E-state index in [1.54, 1.807) is 6.20 Å². The summed E-state index contributed by atoms with van der Waals surface area (Å²) in [5.74, 6) is 2.09. The first kappa shape index (κ1) is 23.9. The summed E-state index contributed by atoms with van der Waals surface area (Å²) in [6.45, 7) is 13.1. The first-order chi connectivity index (χ1) is 17.3. The lowest BCUT2D eigenvalue weighted by Crippen LogP contribution is -2.49. The van der Waals surface area contributed by atoms with Crippen LogP contribution >= 0.6 is 0 Å². The summed E-state index contributed by atoms with van der Waals surface area (Å²) in [5.41, 5.74) is 4.13. The van der Waals surface area contributed by atoms with E-state index in [2.05, 4.69) is 42.7 Å². The van der Waals surface area contributed by atoms with Crippen LogP contribution in [0.2, 0.25) is 0 Å². The van der Waals surface area contributed by atoms with Gasteiger partial charge < -0.3 is 9.80 Å². The summed E-state index contributed by atoms with van der Waals surface area (Å²) in [5, 5.41) is 5.36. The number of pyridine rings is 1. The van der Waals surface area contributed by atoms with Crippen molar-refractivity contribution in [2.24, 2.45) is 0 Å². The molecule has 186 valence electrons. The number of benzene rings is 1. The van der Waals surface area contributed by atoms with Crippen LogP contribution in [-0.4, -0.2) is 61.7 Å². The fraction of sp³-hybridized carbons (Fsp3) is 0.393. The molecule has 1 amide bonds. The fourth-order valence-electron chi connectivity index (χ4n) is 4.63. The molecule has 0 N–H and O–H groups in total. The summed E-state index contributed by atoms with van der Waals surface area (Å²) in [6.07, 6.45) is 1.78. The smallest absolute Gasteiger partial charge is 0.254 e. The Morgan fingerprint density at radius 3 is 2.31 bits per heavy atom. The van der Waals surface area contributed by atoms with Gasteiger partial charge in [-0.25, -0.2) is 19.6 Å². The minimum atomic E-state index is 0.0178. The van der Waals surface area contributed by atoms with Crippen molar-refractivity contribution in [1.82, 2.24) is 29.6 Å². The highest BCUT2D eigenvalue weighted by Crippen LogP contribution is 2.28. The van der Waals surface area contributed by atoms with Gasteiger partial charge in [-0.2, -0.15) is 5.10 Å². The zero-order chi connectivity index (χ0) is 25.4. The van der Waals surface area contributed by atoms with Crippen LogP contribution in [0.1, 0.15) is 61.5 Å². The molecule has 1 aromatic carbocycles. The van der Waals surface area contributed by atoms with E-state index in [1.165, 1.54) is 0 Å². The second-order valence-electron chi connectivity index (χ2n) is 10.0. The molecule has 3 aromatic heterocycles. The van der Waals surface area contributed by atoms with Crippen LogP contribution in [0.5, 0.6) is 0 Å². The maximum atomic E-state index is 13.8. The Kier molecular flexibility index (Phi) is 6.43. The Hall–Kier alpha value is -3.81. The van der Waals surface area contributed by atoms with E-state index in [9.17, 15) is 4.79 Å².